The molecule has 82 valence electrons. The average molecular weight is 199 g/mol. The predicted molar refractivity (Wildman–Crippen MR) is 57.1 cm³/mol. The van der Waals surface area contributed by atoms with E-state index in [9.17, 15) is 4.39 Å². The van der Waals surface area contributed by atoms with Crippen LogP contribution in [-0.2, 0) is 0 Å². The van der Waals surface area contributed by atoms with Gasteiger partial charge in [0.1, 0.15) is 6.17 Å². The molecule has 1 saturated heterocycles. The number of rotatable bonds is 3. The fourth-order valence-electron chi connectivity index (χ4n) is 2.70. The highest BCUT2D eigenvalue weighted by atomic mass is 19.1. The van der Waals surface area contributed by atoms with E-state index in [-0.39, 0.29) is 0 Å². The number of nitrogens with one attached hydrogen (secondary N) is 1. The zero-order chi connectivity index (χ0) is 9.80. The van der Waals surface area contributed by atoms with Gasteiger partial charge in [0, 0.05) is 0 Å². The molecule has 2 fully saturated rings. The molecular formula is C12H22FN. The van der Waals surface area contributed by atoms with Crippen LogP contribution < -0.4 is 5.32 Å². The molecule has 1 aliphatic carbocycles. The molecule has 0 aromatic carbocycles. The molecule has 1 saturated carbocycles. The molecule has 1 N–H and O–H groups in total. The summed E-state index contributed by atoms with van der Waals surface area (Å²) < 4.78 is 13.9. The predicted octanol–water partition coefficient (Wildman–Crippen LogP) is 2.90. The second-order valence-electron chi connectivity index (χ2n) is 5.03. The topological polar surface area (TPSA) is 12.0 Å². The van der Waals surface area contributed by atoms with Crippen molar-refractivity contribution in [2.24, 2.45) is 11.8 Å². The molecule has 0 amide bonds. The lowest BCUT2D eigenvalue weighted by atomic mass is 9.87. The van der Waals surface area contributed by atoms with Crippen LogP contribution in [0.3, 0.4) is 0 Å². The Morgan fingerprint density at radius 3 is 2.21 bits per heavy atom. The SMILES string of the molecule is FC(CC1CNC1)C1CCCCCC1. The Balaban J connectivity index is 1.73. The molecular weight excluding hydrogens is 177 g/mol. The van der Waals surface area contributed by atoms with Crippen LogP contribution in [0.25, 0.3) is 0 Å². The van der Waals surface area contributed by atoms with Crippen LogP contribution in [0.15, 0.2) is 0 Å². The van der Waals surface area contributed by atoms with Gasteiger partial charge in [0.25, 0.3) is 0 Å². The summed E-state index contributed by atoms with van der Waals surface area (Å²) in [7, 11) is 0. The molecule has 2 rings (SSSR count). The van der Waals surface area contributed by atoms with Gasteiger partial charge in [-0.3, -0.25) is 0 Å². The van der Waals surface area contributed by atoms with Crippen molar-refractivity contribution < 1.29 is 4.39 Å². The lowest BCUT2D eigenvalue weighted by molar-refractivity contribution is 0.150. The molecule has 0 aromatic rings. The van der Waals surface area contributed by atoms with Crippen LogP contribution in [0.5, 0.6) is 0 Å². The Labute approximate surface area is 86.5 Å². The molecule has 0 aromatic heterocycles. The van der Waals surface area contributed by atoms with Gasteiger partial charge in [0.2, 0.25) is 0 Å². The summed E-state index contributed by atoms with van der Waals surface area (Å²) in [5.41, 5.74) is 0. The van der Waals surface area contributed by atoms with Crippen LogP contribution in [0.2, 0.25) is 0 Å². The second kappa shape index (κ2) is 5.11. The molecule has 2 heteroatoms. The first-order chi connectivity index (χ1) is 6.86. The quantitative estimate of drug-likeness (QED) is 0.689. The van der Waals surface area contributed by atoms with Gasteiger partial charge in [-0.2, -0.15) is 0 Å². The van der Waals surface area contributed by atoms with Crippen LogP contribution in [0, 0.1) is 11.8 Å². The smallest absolute Gasteiger partial charge is 0.103 e. The maximum Gasteiger partial charge on any atom is 0.103 e. The lowest BCUT2D eigenvalue weighted by Crippen LogP contribution is -2.43. The zero-order valence-corrected chi connectivity index (χ0v) is 8.97. The first kappa shape index (κ1) is 10.4. The third-order valence-corrected chi connectivity index (χ3v) is 3.84. The van der Waals surface area contributed by atoms with Crippen molar-refractivity contribution in [2.45, 2.75) is 51.1 Å². The van der Waals surface area contributed by atoms with Crippen molar-refractivity contribution in [3.63, 3.8) is 0 Å². The second-order valence-corrected chi connectivity index (χ2v) is 5.03. The van der Waals surface area contributed by atoms with Crippen molar-refractivity contribution in [2.75, 3.05) is 13.1 Å². The highest BCUT2D eigenvalue weighted by Gasteiger charge is 2.27. The third-order valence-electron chi connectivity index (χ3n) is 3.84. The van der Waals surface area contributed by atoms with E-state index < -0.39 is 6.17 Å². The molecule has 1 atom stereocenters. The summed E-state index contributed by atoms with van der Waals surface area (Å²) in [4.78, 5) is 0. The van der Waals surface area contributed by atoms with Gasteiger partial charge in [-0.05, 0) is 44.2 Å². The fraction of sp³-hybridized carbons (Fsp3) is 1.00. The van der Waals surface area contributed by atoms with Gasteiger partial charge in [-0.15, -0.1) is 0 Å². The van der Waals surface area contributed by atoms with Gasteiger partial charge >= 0.3 is 0 Å². The highest BCUT2D eigenvalue weighted by molar-refractivity contribution is 4.81. The summed E-state index contributed by atoms with van der Waals surface area (Å²) in [6, 6.07) is 0. The molecule has 0 spiro atoms. The summed E-state index contributed by atoms with van der Waals surface area (Å²) in [5, 5.41) is 3.22. The van der Waals surface area contributed by atoms with Crippen molar-refractivity contribution in [1.29, 1.82) is 0 Å². The number of halogens is 1. The first-order valence-electron chi connectivity index (χ1n) is 6.21. The average Bonchev–Trinajstić information content (AvgIpc) is 2.38. The minimum atomic E-state index is -0.514. The van der Waals surface area contributed by atoms with E-state index >= 15 is 0 Å². The fourth-order valence-corrected chi connectivity index (χ4v) is 2.70. The zero-order valence-electron chi connectivity index (χ0n) is 8.97. The molecule has 0 bridgehead atoms. The largest absolute Gasteiger partial charge is 0.316 e. The number of hydrogen-bond acceptors (Lipinski definition) is 1. The molecule has 1 nitrogen and oxygen atoms in total. The minimum absolute atomic E-state index is 0.387. The molecule has 1 heterocycles. The van der Waals surface area contributed by atoms with E-state index in [4.69, 9.17) is 0 Å². The normalized spacial score (nSPS) is 28.1. The van der Waals surface area contributed by atoms with Gasteiger partial charge in [0.15, 0.2) is 0 Å². The van der Waals surface area contributed by atoms with Crippen molar-refractivity contribution >= 4 is 0 Å². The lowest BCUT2D eigenvalue weighted by Gasteiger charge is -2.30. The summed E-state index contributed by atoms with van der Waals surface area (Å²) >= 11 is 0. The number of hydrogen-bond donors (Lipinski definition) is 1. The highest BCUT2D eigenvalue weighted by Crippen LogP contribution is 2.30. The monoisotopic (exact) mass is 199 g/mol. The van der Waals surface area contributed by atoms with E-state index in [1.54, 1.807) is 0 Å². The van der Waals surface area contributed by atoms with Gasteiger partial charge < -0.3 is 5.32 Å². The number of alkyl halides is 1. The maximum atomic E-state index is 13.9. The molecule has 1 aliphatic heterocycles. The Bertz CT molecular complexity index is 160. The van der Waals surface area contributed by atoms with Crippen molar-refractivity contribution in [1.82, 2.24) is 5.32 Å². The van der Waals surface area contributed by atoms with Crippen molar-refractivity contribution in [3.8, 4) is 0 Å². The maximum absolute atomic E-state index is 13.9. The molecule has 1 unspecified atom stereocenters. The Kier molecular flexibility index (Phi) is 3.80. The molecule has 0 radical (unpaired) electrons. The van der Waals surface area contributed by atoms with E-state index in [0.717, 1.165) is 32.4 Å². The third kappa shape index (κ3) is 2.69. The minimum Gasteiger partial charge on any atom is -0.316 e. The van der Waals surface area contributed by atoms with Crippen LogP contribution >= 0.6 is 0 Å². The van der Waals surface area contributed by atoms with E-state index in [0.29, 0.717) is 11.8 Å². The molecule has 14 heavy (non-hydrogen) atoms. The van der Waals surface area contributed by atoms with Gasteiger partial charge in [-0.25, -0.2) is 4.39 Å². The first-order valence-corrected chi connectivity index (χ1v) is 6.21. The Morgan fingerprint density at radius 1 is 1.07 bits per heavy atom. The van der Waals surface area contributed by atoms with Crippen LogP contribution in [0.1, 0.15) is 44.9 Å². The standard InChI is InChI=1S/C12H22FN/c13-12(7-10-8-14-9-10)11-5-3-1-2-4-6-11/h10-12,14H,1-9H2. The molecule has 2 aliphatic rings. The van der Waals surface area contributed by atoms with Gasteiger partial charge in [-0.1, -0.05) is 25.7 Å². The van der Waals surface area contributed by atoms with E-state index in [1.807, 2.05) is 0 Å². The summed E-state index contributed by atoms with van der Waals surface area (Å²) in [6.45, 7) is 2.10. The van der Waals surface area contributed by atoms with E-state index in [2.05, 4.69) is 5.32 Å². The van der Waals surface area contributed by atoms with E-state index in [1.165, 1.54) is 25.7 Å². The van der Waals surface area contributed by atoms with Crippen LogP contribution in [0.4, 0.5) is 4.39 Å². The Morgan fingerprint density at radius 2 is 1.71 bits per heavy atom. The van der Waals surface area contributed by atoms with Crippen LogP contribution in [-0.4, -0.2) is 19.3 Å². The Hall–Kier alpha value is -0.110. The summed E-state index contributed by atoms with van der Waals surface area (Å²) in [5.74, 6) is 1.02. The van der Waals surface area contributed by atoms with Crippen molar-refractivity contribution in [3.05, 3.63) is 0 Å². The summed E-state index contributed by atoms with van der Waals surface area (Å²) in [6.07, 6.45) is 7.75. The van der Waals surface area contributed by atoms with Gasteiger partial charge in [0.05, 0.1) is 0 Å².